The Morgan fingerprint density at radius 3 is 2.38 bits per heavy atom. The minimum atomic E-state index is -4.08. The average molecular weight is 533 g/mol. The van der Waals surface area contributed by atoms with E-state index in [0.717, 1.165) is 12.0 Å². The van der Waals surface area contributed by atoms with Crippen LogP contribution in [0, 0.1) is 0 Å². The Bertz CT molecular complexity index is 1190. The van der Waals surface area contributed by atoms with Gasteiger partial charge < -0.3 is 19.1 Å². The fourth-order valence-electron chi connectivity index (χ4n) is 4.66. The Balaban J connectivity index is 1.21. The number of rotatable bonds is 9. The molecule has 0 aliphatic carbocycles. The molecule has 4 rings (SSSR count). The summed E-state index contributed by atoms with van der Waals surface area (Å²) in [5.74, 6) is -0.475. The third kappa shape index (κ3) is 5.89. The molecule has 0 atom stereocenters. The Kier molecular flexibility index (Phi) is 8.67. The number of hydrogen-bond donors (Lipinski definition) is 2. The van der Waals surface area contributed by atoms with Gasteiger partial charge in [-0.25, -0.2) is 18.7 Å². The van der Waals surface area contributed by atoms with Crippen LogP contribution in [0.5, 0.6) is 5.75 Å². The lowest BCUT2D eigenvalue weighted by atomic mass is 9.98. The zero-order valence-electron chi connectivity index (χ0n) is 20.6. The smallest absolute Gasteiger partial charge is 0.410 e. The van der Waals surface area contributed by atoms with E-state index in [-0.39, 0.29) is 43.7 Å². The maximum Gasteiger partial charge on any atom is 0.410 e. The zero-order valence-corrected chi connectivity index (χ0v) is 21.4. The van der Waals surface area contributed by atoms with Crippen molar-refractivity contribution in [3.05, 3.63) is 59.7 Å². The van der Waals surface area contributed by atoms with Crippen LogP contribution in [0.25, 0.3) is 0 Å². The number of carbonyl (C=O) groups excluding carboxylic acids is 2. The van der Waals surface area contributed by atoms with E-state index in [4.69, 9.17) is 19.4 Å². The van der Waals surface area contributed by atoms with E-state index in [0.29, 0.717) is 38.3 Å². The van der Waals surface area contributed by atoms with Gasteiger partial charge >= 0.3 is 6.09 Å². The summed E-state index contributed by atoms with van der Waals surface area (Å²) in [6.45, 7) is 2.07. The van der Waals surface area contributed by atoms with Crippen molar-refractivity contribution in [3.8, 4) is 5.75 Å². The molecule has 2 aromatic carbocycles. The number of carbonyl (C=O) groups is 2. The van der Waals surface area contributed by atoms with E-state index in [2.05, 4.69) is 6.07 Å². The first-order valence-corrected chi connectivity index (χ1v) is 13.8. The lowest BCUT2D eigenvalue weighted by Gasteiger charge is -2.34. The van der Waals surface area contributed by atoms with Crippen molar-refractivity contribution in [2.24, 2.45) is 0 Å². The molecule has 10 nitrogen and oxygen atoms in total. The Hall–Kier alpha value is -3.15. The fourth-order valence-corrected chi connectivity index (χ4v) is 6.60. The SMILES string of the molecule is O=C(OCCCCOc1ccc(S(=O)(=O)C2(C(=O)NO)CCOCC2)cc1)N1CCc2ccccc2C1. The van der Waals surface area contributed by atoms with Gasteiger partial charge in [0.25, 0.3) is 5.91 Å². The normalized spacial score (nSPS) is 16.9. The maximum absolute atomic E-state index is 13.3. The molecule has 2 heterocycles. The molecule has 0 saturated carbocycles. The van der Waals surface area contributed by atoms with Gasteiger partial charge in [-0.05, 0) is 67.5 Å². The predicted octanol–water partition coefficient (Wildman–Crippen LogP) is 2.87. The fraction of sp³-hybridized carbons (Fsp3) is 0.462. The highest BCUT2D eigenvalue weighted by Gasteiger charge is 2.52. The lowest BCUT2D eigenvalue weighted by molar-refractivity contribution is -0.134. The molecule has 2 N–H and O–H groups in total. The van der Waals surface area contributed by atoms with Gasteiger partial charge in [0.15, 0.2) is 14.6 Å². The first-order valence-electron chi connectivity index (χ1n) is 12.4. The molecular formula is C26H32N2O8S. The molecule has 0 unspecified atom stereocenters. The number of amides is 2. The van der Waals surface area contributed by atoms with Crippen LogP contribution in [0.2, 0.25) is 0 Å². The summed E-state index contributed by atoms with van der Waals surface area (Å²) in [4.78, 5) is 26.4. The largest absolute Gasteiger partial charge is 0.494 e. The van der Waals surface area contributed by atoms with Gasteiger partial charge in [0.2, 0.25) is 0 Å². The second kappa shape index (κ2) is 11.9. The molecule has 0 radical (unpaired) electrons. The third-order valence-electron chi connectivity index (χ3n) is 6.89. The number of hydroxylamine groups is 1. The molecule has 2 aliphatic heterocycles. The number of benzene rings is 2. The van der Waals surface area contributed by atoms with Crippen molar-refractivity contribution in [3.63, 3.8) is 0 Å². The van der Waals surface area contributed by atoms with E-state index in [9.17, 15) is 18.0 Å². The number of nitrogens with zero attached hydrogens (tertiary/aromatic N) is 1. The van der Waals surface area contributed by atoms with Crippen LogP contribution in [-0.2, 0) is 37.1 Å². The van der Waals surface area contributed by atoms with Gasteiger partial charge in [0.05, 0.1) is 18.1 Å². The van der Waals surface area contributed by atoms with Crippen molar-refractivity contribution in [2.75, 3.05) is 33.0 Å². The van der Waals surface area contributed by atoms with Crippen LogP contribution < -0.4 is 10.2 Å². The topological polar surface area (TPSA) is 131 Å². The molecule has 37 heavy (non-hydrogen) atoms. The van der Waals surface area contributed by atoms with E-state index in [1.807, 2.05) is 18.2 Å². The van der Waals surface area contributed by atoms with Gasteiger partial charge in [0, 0.05) is 26.3 Å². The maximum atomic E-state index is 13.3. The quantitative estimate of drug-likeness (QED) is 0.286. The number of sulfone groups is 1. The summed E-state index contributed by atoms with van der Waals surface area (Å²) in [5, 5.41) is 9.14. The molecule has 1 fully saturated rings. The summed E-state index contributed by atoms with van der Waals surface area (Å²) in [5.41, 5.74) is 3.93. The Labute approximate surface area is 216 Å². The molecule has 0 bridgehead atoms. The molecule has 200 valence electrons. The molecule has 1 saturated heterocycles. The highest BCUT2D eigenvalue weighted by Crippen LogP contribution is 2.35. The highest BCUT2D eigenvalue weighted by atomic mass is 32.2. The van der Waals surface area contributed by atoms with Crippen LogP contribution in [0.15, 0.2) is 53.4 Å². The number of fused-ring (bicyclic) bond motifs is 1. The zero-order chi connectivity index (χ0) is 26.3. The van der Waals surface area contributed by atoms with Crippen LogP contribution in [0.4, 0.5) is 4.79 Å². The number of ether oxygens (including phenoxy) is 3. The summed E-state index contributed by atoms with van der Waals surface area (Å²) < 4.78 is 41.1. The van der Waals surface area contributed by atoms with Crippen LogP contribution in [0.3, 0.4) is 0 Å². The van der Waals surface area contributed by atoms with Crippen molar-refractivity contribution in [1.29, 1.82) is 0 Å². The van der Waals surface area contributed by atoms with Crippen LogP contribution in [0.1, 0.15) is 36.8 Å². The monoisotopic (exact) mass is 532 g/mol. The second-order valence-corrected chi connectivity index (χ2v) is 11.4. The summed E-state index contributed by atoms with van der Waals surface area (Å²) in [7, 11) is -4.08. The number of nitrogens with one attached hydrogen (secondary N) is 1. The number of unbranched alkanes of at least 4 members (excludes halogenated alkanes) is 1. The van der Waals surface area contributed by atoms with E-state index < -0.39 is 20.5 Å². The summed E-state index contributed by atoms with van der Waals surface area (Å²) >= 11 is 0. The molecule has 2 amide bonds. The average Bonchev–Trinajstić information content (AvgIpc) is 2.94. The molecule has 2 aliphatic rings. The lowest BCUT2D eigenvalue weighted by Crippen LogP contribution is -2.54. The molecule has 0 spiro atoms. The Morgan fingerprint density at radius 1 is 1.00 bits per heavy atom. The van der Waals surface area contributed by atoms with Crippen molar-refractivity contribution >= 4 is 21.8 Å². The van der Waals surface area contributed by atoms with Gasteiger partial charge in [-0.15, -0.1) is 0 Å². The molecular weight excluding hydrogens is 500 g/mol. The minimum Gasteiger partial charge on any atom is -0.494 e. The van der Waals surface area contributed by atoms with E-state index >= 15 is 0 Å². The van der Waals surface area contributed by atoms with Crippen molar-refractivity contribution < 1.29 is 37.4 Å². The Morgan fingerprint density at radius 2 is 1.68 bits per heavy atom. The van der Waals surface area contributed by atoms with Crippen LogP contribution in [-0.4, -0.2) is 68.2 Å². The van der Waals surface area contributed by atoms with Crippen molar-refractivity contribution in [2.45, 2.75) is 48.3 Å². The first kappa shape index (κ1) is 26.9. The standard InChI is InChI=1S/C26H32N2O8S/c29-24(27-31)26(12-17-34-18-13-26)37(32,33)23-9-7-22(8-10-23)35-15-3-4-16-36-25(30)28-14-11-20-5-1-2-6-21(20)19-28/h1-2,5-10,31H,3-4,11-19H2,(H,27,29). The number of hydrogen-bond acceptors (Lipinski definition) is 8. The van der Waals surface area contributed by atoms with E-state index in [1.165, 1.54) is 35.3 Å². The predicted molar refractivity (Wildman–Crippen MR) is 133 cm³/mol. The van der Waals surface area contributed by atoms with Crippen LogP contribution >= 0.6 is 0 Å². The van der Waals surface area contributed by atoms with Crippen molar-refractivity contribution in [1.82, 2.24) is 10.4 Å². The second-order valence-electron chi connectivity index (χ2n) is 9.13. The molecule has 11 heteroatoms. The van der Waals surface area contributed by atoms with Gasteiger partial charge in [-0.3, -0.25) is 10.0 Å². The molecule has 2 aromatic rings. The minimum absolute atomic E-state index is 0.0300. The summed E-state index contributed by atoms with van der Waals surface area (Å²) in [6.07, 6.45) is 1.69. The van der Waals surface area contributed by atoms with Gasteiger partial charge in [-0.2, -0.15) is 0 Å². The summed E-state index contributed by atoms with van der Waals surface area (Å²) in [6, 6.07) is 13.9. The first-order chi connectivity index (χ1) is 17.9. The third-order valence-corrected chi connectivity index (χ3v) is 9.40. The van der Waals surface area contributed by atoms with Gasteiger partial charge in [-0.1, -0.05) is 24.3 Å². The molecule has 0 aromatic heterocycles. The van der Waals surface area contributed by atoms with Gasteiger partial charge in [0.1, 0.15) is 5.75 Å². The highest BCUT2D eigenvalue weighted by molar-refractivity contribution is 7.93. The van der Waals surface area contributed by atoms with E-state index in [1.54, 1.807) is 4.90 Å².